The Morgan fingerprint density at radius 3 is 2.47 bits per heavy atom. The molecule has 0 spiro atoms. The lowest BCUT2D eigenvalue weighted by molar-refractivity contribution is 0.0417. The average molecular weight is 651 g/mol. The lowest BCUT2D eigenvalue weighted by Gasteiger charge is -2.29. The molecule has 47 heavy (non-hydrogen) atoms. The lowest BCUT2D eigenvalue weighted by Crippen LogP contribution is -2.37. The number of hydrogen-bond acceptors (Lipinski definition) is 10. The fourth-order valence-electron chi connectivity index (χ4n) is 4.77. The van der Waals surface area contributed by atoms with Crippen LogP contribution in [-0.4, -0.2) is 57.8 Å². The first-order valence-electron chi connectivity index (χ1n) is 14.9. The van der Waals surface area contributed by atoms with Gasteiger partial charge in [0.1, 0.15) is 17.5 Å². The largest absolute Gasteiger partial charge is 0.464 e. The molecule has 2 aromatic heterocycles. The Balaban J connectivity index is 1.78. The van der Waals surface area contributed by atoms with E-state index in [0.717, 1.165) is 6.20 Å². The SMILES string of the molecule is CCCCOC(=O)N(C(=O)O)c1cncc(-c2cc3cc(NC(=O)OC4CC(C#N)C4)ncc3c(NC(=O)OC(C)(C)C)c2F)c1C. The molecule has 1 aliphatic carbocycles. The van der Waals surface area contributed by atoms with Crippen molar-refractivity contribution in [2.75, 3.05) is 22.1 Å². The van der Waals surface area contributed by atoms with E-state index in [4.69, 9.17) is 19.5 Å². The highest BCUT2D eigenvalue weighted by atomic mass is 19.1. The number of nitrogens with zero attached hydrogens (tertiary/aromatic N) is 4. The fourth-order valence-corrected chi connectivity index (χ4v) is 4.77. The predicted octanol–water partition coefficient (Wildman–Crippen LogP) is 7.36. The van der Waals surface area contributed by atoms with Crippen LogP contribution < -0.4 is 15.5 Å². The summed E-state index contributed by atoms with van der Waals surface area (Å²) >= 11 is 0. The van der Waals surface area contributed by atoms with E-state index in [2.05, 4.69) is 26.7 Å². The Hall–Kier alpha value is -5.52. The Morgan fingerprint density at radius 2 is 1.83 bits per heavy atom. The number of rotatable bonds is 8. The van der Waals surface area contributed by atoms with Crippen molar-refractivity contribution in [3.63, 3.8) is 0 Å². The summed E-state index contributed by atoms with van der Waals surface area (Å²) in [5.74, 6) is -1.03. The maximum atomic E-state index is 16.4. The number of anilines is 3. The predicted molar refractivity (Wildman–Crippen MR) is 169 cm³/mol. The number of unbranched alkanes of at least 4 members (excludes halogenated alkanes) is 1. The number of imide groups is 1. The van der Waals surface area contributed by atoms with Crippen LogP contribution in [0.2, 0.25) is 0 Å². The molecule has 1 aliphatic rings. The number of carbonyl (C=O) groups is 4. The van der Waals surface area contributed by atoms with Gasteiger partial charge in [0.05, 0.1) is 36.2 Å². The smallest absolute Gasteiger partial charge is 0.424 e. The highest BCUT2D eigenvalue weighted by molar-refractivity contribution is 6.10. The van der Waals surface area contributed by atoms with Gasteiger partial charge in [0.2, 0.25) is 0 Å². The minimum Gasteiger partial charge on any atom is -0.464 e. The molecule has 0 atom stereocenters. The molecule has 0 saturated heterocycles. The zero-order chi connectivity index (χ0) is 34.5. The van der Waals surface area contributed by atoms with Crippen molar-refractivity contribution in [1.82, 2.24) is 9.97 Å². The molecule has 0 radical (unpaired) electrons. The Labute approximate surface area is 269 Å². The number of fused-ring (bicyclic) bond motifs is 1. The van der Waals surface area contributed by atoms with Crippen molar-refractivity contribution >= 4 is 52.3 Å². The van der Waals surface area contributed by atoms with Crippen molar-refractivity contribution in [2.45, 2.75) is 72.0 Å². The number of hydrogen-bond donors (Lipinski definition) is 3. The minimum absolute atomic E-state index is 0.00324. The summed E-state index contributed by atoms with van der Waals surface area (Å²) in [7, 11) is 0. The molecular weight excluding hydrogens is 615 g/mol. The topological polar surface area (TPSA) is 193 Å². The molecular formula is C32H35FN6O8. The molecule has 1 aromatic carbocycles. The number of carboxylic acid groups (broad SMARTS) is 1. The monoisotopic (exact) mass is 650 g/mol. The molecule has 3 aromatic rings. The van der Waals surface area contributed by atoms with E-state index in [1.807, 2.05) is 6.92 Å². The Bertz CT molecular complexity index is 1750. The maximum Gasteiger partial charge on any atom is 0.424 e. The van der Waals surface area contributed by atoms with Crippen molar-refractivity contribution in [2.24, 2.45) is 5.92 Å². The molecule has 4 rings (SSSR count). The zero-order valence-electron chi connectivity index (χ0n) is 26.5. The third-order valence-electron chi connectivity index (χ3n) is 7.19. The summed E-state index contributed by atoms with van der Waals surface area (Å²) in [5.41, 5.74) is -1.21. The number of ether oxygens (including phenoxy) is 3. The van der Waals surface area contributed by atoms with Gasteiger partial charge in [0.15, 0.2) is 5.82 Å². The van der Waals surface area contributed by atoms with Crippen molar-refractivity contribution in [3.8, 4) is 17.2 Å². The van der Waals surface area contributed by atoms with Gasteiger partial charge in [-0.25, -0.2) is 28.6 Å². The molecule has 1 fully saturated rings. The van der Waals surface area contributed by atoms with Crippen LogP contribution in [-0.2, 0) is 14.2 Å². The van der Waals surface area contributed by atoms with Gasteiger partial charge in [0.25, 0.3) is 0 Å². The first-order valence-corrected chi connectivity index (χ1v) is 14.9. The van der Waals surface area contributed by atoms with Crippen molar-refractivity contribution < 1.29 is 42.9 Å². The minimum atomic E-state index is -1.63. The molecule has 0 bridgehead atoms. The first kappa shape index (κ1) is 34.4. The number of nitriles is 1. The number of nitrogens with one attached hydrogen (secondary N) is 2. The second-order valence-corrected chi connectivity index (χ2v) is 11.9. The summed E-state index contributed by atoms with van der Waals surface area (Å²) in [4.78, 5) is 58.8. The van der Waals surface area contributed by atoms with Crippen molar-refractivity contribution in [3.05, 3.63) is 42.1 Å². The number of halogens is 1. The van der Waals surface area contributed by atoms with Crippen LogP contribution in [0.4, 0.5) is 40.8 Å². The molecule has 14 nitrogen and oxygen atoms in total. The van der Waals surface area contributed by atoms with Crippen LogP contribution in [0.25, 0.3) is 21.9 Å². The van der Waals surface area contributed by atoms with Crippen LogP contribution in [0.5, 0.6) is 0 Å². The quantitative estimate of drug-likeness (QED) is 0.163. The standard InChI is InChI=1S/C32H35FN6O8/c1-6-7-8-45-31(44)39(30(42)43)24-16-35-14-22(17(24)2)21-11-19-12-25(37-28(40)46-20-9-18(10-20)13-34)36-15-23(19)27(26(21)33)38-29(41)47-32(3,4)5/h11-12,14-16,18,20H,6-10H2,1-5H3,(H,38,41)(H,42,43)(H,36,37,40). The third kappa shape index (κ3) is 8.20. The summed E-state index contributed by atoms with van der Waals surface area (Å²) < 4.78 is 32.2. The van der Waals surface area contributed by atoms with E-state index in [1.54, 1.807) is 20.8 Å². The van der Waals surface area contributed by atoms with Crippen LogP contribution in [0.1, 0.15) is 58.9 Å². The number of pyridine rings is 2. The van der Waals surface area contributed by atoms with Gasteiger partial charge in [-0.1, -0.05) is 13.3 Å². The van der Waals surface area contributed by atoms with Gasteiger partial charge in [-0.15, -0.1) is 0 Å². The molecule has 15 heteroatoms. The molecule has 3 N–H and O–H groups in total. The van der Waals surface area contributed by atoms with Gasteiger partial charge in [-0.2, -0.15) is 10.2 Å². The second-order valence-electron chi connectivity index (χ2n) is 11.9. The number of aromatic nitrogens is 2. The van der Waals surface area contributed by atoms with E-state index in [-0.39, 0.29) is 51.8 Å². The zero-order valence-corrected chi connectivity index (χ0v) is 26.5. The fraction of sp³-hybridized carbons (Fsp3) is 0.406. The number of benzene rings is 1. The van der Waals surface area contributed by atoms with Gasteiger partial charge in [0, 0.05) is 41.7 Å². The summed E-state index contributed by atoms with van der Waals surface area (Å²) in [6.45, 7) is 8.29. The van der Waals surface area contributed by atoms with E-state index in [0.29, 0.717) is 36.0 Å². The summed E-state index contributed by atoms with van der Waals surface area (Å²) in [6, 6.07) is 4.95. The van der Waals surface area contributed by atoms with E-state index >= 15 is 4.39 Å². The van der Waals surface area contributed by atoms with Gasteiger partial charge >= 0.3 is 24.4 Å². The lowest BCUT2D eigenvalue weighted by atomic mass is 9.84. The Morgan fingerprint density at radius 1 is 1.11 bits per heavy atom. The molecule has 0 aliphatic heterocycles. The van der Waals surface area contributed by atoms with E-state index in [1.165, 1.54) is 31.5 Å². The molecule has 1 saturated carbocycles. The van der Waals surface area contributed by atoms with Crippen molar-refractivity contribution in [1.29, 1.82) is 5.26 Å². The van der Waals surface area contributed by atoms with Crippen LogP contribution in [0.15, 0.2) is 30.7 Å². The third-order valence-corrected chi connectivity index (χ3v) is 7.19. The Kier molecular flexibility index (Phi) is 10.4. The summed E-state index contributed by atoms with van der Waals surface area (Å²) in [6.07, 6.45) is 0.871. The molecule has 248 valence electrons. The van der Waals surface area contributed by atoms with Crippen LogP contribution in [0.3, 0.4) is 0 Å². The normalized spacial score (nSPS) is 15.5. The molecule has 4 amide bonds. The summed E-state index contributed by atoms with van der Waals surface area (Å²) in [5, 5.41) is 24.2. The van der Waals surface area contributed by atoms with E-state index < -0.39 is 41.9 Å². The van der Waals surface area contributed by atoms with E-state index in [9.17, 15) is 24.3 Å². The maximum absolute atomic E-state index is 16.4. The van der Waals surface area contributed by atoms with Gasteiger partial charge in [-0.3, -0.25) is 15.6 Å². The first-order chi connectivity index (χ1) is 22.2. The van der Waals surface area contributed by atoms with Crippen LogP contribution >= 0.6 is 0 Å². The average Bonchev–Trinajstić information content (AvgIpc) is 2.96. The number of amides is 4. The molecule has 0 unspecified atom stereocenters. The molecule has 2 heterocycles. The number of carbonyl (C=O) groups excluding carboxylic acids is 3. The van der Waals surface area contributed by atoms with Crippen LogP contribution in [0, 0.1) is 30.0 Å². The highest BCUT2D eigenvalue weighted by Crippen LogP contribution is 2.39. The van der Waals surface area contributed by atoms with Gasteiger partial charge < -0.3 is 19.3 Å². The highest BCUT2D eigenvalue weighted by Gasteiger charge is 2.32. The second kappa shape index (κ2) is 14.3. The van der Waals surface area contributed by atoms with Gasteiger partial charge in [-0.05, 0) is 57.2 Å².